The molecule has 0 aliphatic rings. The maximum atomic E-state index is 13.2. The van der Waals surface area contributed by atoms with Crippen LogP contribution in [0.5, 0.6) is 0 Å². The van der Waals surface area contributed by atoms with Crippen molar-refractivity contribution in [3.8, 4) is 0 Å². The van der Waals surface area contributed by atoms with Crippen molar-refractivity contribution in [1.82, 2.24) is 14.5 Å². The van der Waals surface area contributed by atoms with Crippen LogP contribution in [-0.4, -0.2) is 38.9 Å². The number of anilines is 2. The summed E-state index contributed by atoms with van der Waals surface area (Å²) in [6.45, 7) is 8.44. The number of ether oxygens (including phenoxy) is 1. The number of esters is 1. The molecule has 0 spiro atoms. The van der Waals surface area contributed by atoms with Gasteiger partial charge in [-0.3, -0.25) is 19.0 Å². The molecule has 1 aromatic carbocycles. The van der Waals surface area contributed by atoms with Gasteiger partial charge in [0.05, 0.1) is 22.3 Å². The molecule has 4 aromatic rings. The number of amides is 2. The first-order valence-corrected chi connectivity index (χ1v) is 12.7. The number of hydrogen-bond acceptors (Lipinski definition) is 9. The van der Waals surface area contributed by atoms with E-state index in [4.69, 9.17) is 4.74 Å². The molecule has 0 bridgehead atoms. The zero-order chi connectivity index (χ0) is 26.7. The minimum Gasteiger partial charge on any atom is -0.457 e. The Morgan fingerprint density at radius 3 is 2.59 bits per heavy atom. The van der Waals surface area contributed by atoms with E-state index in [-0.39, 0.29) is 34.5 Å². The van der Waals surface area contributed by atoms with Crippen molar-refractivity contribution in [2.75, 3.05) is 17.2 Å². The zero-order valence-corrected chi connectivity index (χ0v) is 21.9. The quantitative estimate of drug-likeness (QED) is 0.256. The molecule has 190 valence electrons. The van der Waals surface area contributed by atoms with Crippen LogP contribution in [0.1, 0.15) is 36.2 Å². The van der Waals surface area contributed by atoms with Gasteiger partial charge in [-0.2, -0.15) is 0 Å². The van der Waals surface area contributed by atoms with Gasteiger partial charge in [0, 0.05) is 5.69 Å². The maximum absolute atomic E-state index is 13.2. The average molecular weight is 538 g/mol. The highest BCUT2D eigenvalue weighted by molar-refractivity contribution is 7.20. The summed E-state index contributed by atoms with van der Waals surface area (Å²) < 4.78 is 6.18. The molecule has 2 N–H and O–H groups in total. The molecule has 0 aliphatic heterocycles. The van der Waals surface area contributed by atoms with Crippen molar-refractivity contribution < 1.29 is 19.1 Å². The van der Waals surface area contributed by atoms with Crippen LogP contribution in [0.25, 0.3) is 10.2 Å². The summed E-state index contributed by atoms with van der Waals surface area (Å²) in [5.41, 5.74) is 2.07. The zero-order valence-electron chi connectivity index (χ0n) is 20.3. The molecule has 37 heavy (non-hydrogen) atoms. The summed E-state index contributed by atoms with van der Waals surface area (Å²) in [6.07, 6.45) is 2.72. The molecule has 0 saturated carbocycles. The van der Waals surface area contributed by atoms with E-state index in [1.165, 1.54) is 17.0 Å². The SMILES string of the molecule is C=CCOC(=O)c1sc(NC(=O)Cn2cnc3sc(C(=O)Nc4ccccc4C)c(C)c3c2=O)nc1C. The summed E-state index contributed by atoms with van der Waals surface area (Å²) >= 11 is 2.10. The third-order valence-corrected chi connectivity index (χ3v) is 7.64. The predicted molar refractivity (Wildman–Crippen MR) is 144 cm³/mol. The van der Waals surface area contributed by atoms with Crippen molar-refractivity contribution in [2.24, 2.45) is 0 Å². The molecule has 0 radical (unpaired) electrons. The number of hydrogen-bond donors (Lipinski definition) is 2. The fourth-order valence-electron chi connectivity index (χ4n) is 3.53. The van der Waals surface area contributed by atoms with Crippen molar-refractivity contribution in [2.45, 2.75) is 27.3 Å². The van der Waals surface area contributed by atoms with Gasteiger partial charge >= 0.3 is 5.97 Å². The number of carbonyl (C=O) groups excluding carboxylic acids is 3. The van der Waals surface area contributed by atoms with Crippen molar-refractivity contribution in [3.05, 3.63) is 80.2 Å². The van der Waals surface area contributed by atoms with E-state index in [0.717, 1.165) is 28.2 Å². The lowest BCUT2D eigenvalue weighted by Gasteiger charge is -2.07. The lowest BCUT2D eigenvalue weighted by Crippen LogP contribution is -2.27. The van der Waals surface area contributed by atoms with E-state index in [1.54, 1.807) is 19.9 Å². The van der Waals surface area contributed by atoms with Crippen LogP contribution in [0.4, 0.5) is 10.8 Å². The largest absolute Gasteiger partial charge is 0.457 e. The first-order chi connectivity index (χ1) is 17.7. The molecule has 4 rings (SSSR count). The average Bonchev–Trinajstić information content (AvgIpc) is 3.40. The van der Waals surface area contributed by atoms with Crippen LogP contribution in [0.15, 0.2) is 48.0 Å². The molecule has 0 fully saturated rings. The molecule has 3 heterocycles. The van der Waals surface area contributed by atoms with Gasteiger partial charge in [0.15, 0.2) is 5.13 Å². The fraction of sp³-hybridized carbons (Fsp3) is 0.200. The van der Waals surface area contributed by atoms with E-state index in [0.29, 0.717) is 26.7 Å². The number of thiophene rings is 1. The molecule has 0 saturated heterocycles. The summed E-state index contributed by atoms with van der Waals surface area (Å²) in [5, 5.41) is 5.97. The Labute approximate surface area is 219 Å². The summed E-state index contributed by atoms with van der Waals surface area (Å²) in [6, 6.07) is 7.40. The van der Waals surface area contributed by atoms with Crippen LogP contribution in [-0.2, 0) is 16.1 Å². The Morgan fingerprint density at radius 1 is 1.11 bits per heavy atom. The van der Waals surface area contributed by atoms with Crippen LogP contribution in [0.3, 0.4) is 0 Å². The van der Waals surface area contributed by atoms with Gasteiger partial charge in [-0.15, -0.1) is 11.3 Å². The topological polar surface area (TPSA) is 132 Å². The third-order valence-electron chi connectivity index (χ3n) is 5.39. The molecule has 2 amide bonds. The first-order valence-electron chi connectivity index (χ1n) is 11.1. The number of nitrogens with one attached hydrogen (secondary N) is 2. The van der Waals surface area contributed by atoms with Crippen molar-refractivity contribution in [3.63, 3.8) is 0 Å². The minimum absolute atomic E-state index is 0.0630. The van der Waals surface area contributed by atoms with Crippen LogP contribution in [0.2, 0.25) is 0 Å². The Morgan fingerprint density at radius 2 is 1.86 bits per heavy atom. The summed E-state index contributed by atoms with van der Waals surface area (Å²) in [5.74, 6) is -1.41. The van der Waals surface area contributed by atoms with E-state index in [9.17, 15) is 19.2 Å². The second kappa shape index (κ2) is 10.8. The standard InChI is InChI=1S/C25H23N5O5S2/c1-5-10-35-24(34)20-15(4)27-25(37-20)29-17(31)11-30-12-26-22-18(23(30)33)14(3)19(36-22)21(32)28-16-9-7-6-8-13(16)2/h5-9,12H,1,10-11H2,2-4H3,(H,28,32)(H,27,29,31). The number of nitrogens with zero attached hydrogens (tertiary/aromatic N) is 3. The highest BCUT2D eigenvalue weighted by atomic mass is 32.1. The van der Waals surface area contributed by atoms with Gasteiger partial charge in [-0.1, -0.05) is 42.2 Å². The maximum Gasteiger partial charge on any atom is 0.350 e. The molecular weight excluding hydrogens is 514 g/mol. The third kappa shape index (κ3) is 5.49. The molecular formula is C25H23N5O5S2. The Balaban J connectivity index is 1.52. The highest BCUT2D eigenvalue weighted by Gasteiger charge is 2.21. The number of aromatic nitrogens is 3. The second-order valence-corrected chi connectivity index (χ2v) is 10.1. The Bertz CT molecular complexity index is 1600. The minimum atomic E-state index is -0.559. The Kier molecular flexibility index (Phi) is 7.60. The Hall–Kier alpha value is -4.16. The van der Waals surface area contributed by atoms with Crippen LogP contribution in [0, 0.1) is 20.8 Å². The van der Waals surface area contributed by atoms with Crippen molar-refractivity contribution in [1.29, 1.82) is 0 Å². The van der Waals surface area contributed by atoms with Gasteiger partial charge < -0.3 is 15.4 Å². The van der Waals surface area contributed by atoms with Gasteiger partial charge in [0.2, 0.25) is 5.91 Å². The second-order valence-electron chi connectivity index (χ2n) is 8.05. The molecule has 12 heteroatoms. The van der Waals surface area contributed by atoms with Gasteiger partial charge in [0.25, 0.3) is 11.5 Å². The first kappa shape index (κ1) is 25.9. The molecule has 0 aliphatic carbocycles. The van der Waals surface area contributed by atoms with Crippen LogP contribution < -0.4 is 16.2 Å². The van der Waals surface area contributed by atoms with E-state index >= 15 is 0 Å². The number of rotatable bonds is 8. The number of para-hydroxylation sites is 1. The number of carbonyl (C=O) groups is 3. The molecule has 0 atom stereocenters. The summed E-state index contributed by atoms with van der Waals surface area (Å²) in [4.78, 5) is 60.4. The molecule has 0 unspecified atom stereocenters. The predicted octanol–water partition coefficient (Wildman–Crippen LogP) is 4.07. The molecule has 10 nitrogen and oxygen atoms in total. The van der Waals surface area contributed by atoms with Crippen LogP contribution >= 0.6 is 22.7 Å². The van der Waals surface area contributed by atoms with Gasteiger partial charge in [-0.25, -0.2) is 14.8 Å². The normalized spacial score (nSPS) is 10.8. The van der Waals surface area contributed by atoms with Gasteiger partial charge in [-0.05, 0) is 38.0 Å². The monoisotopic (exact) mass is 537 g/mol. The number of thiazole rings is 1. The number of aryl methyl sites for hydroxylation is 3. The molecule has 3 aromatic heterocycles. The fourth-order valence-corrected chi connectivity index (χ4v) is 5.44. The highest BCUT2D eigenvalue weighted by Crippen LogP contribution is 2.28. The van der Waals surface area contributed by atoms with E-state index < -0.39 is 17.4 Å². The van der Waals surface area contributed by atoms with E-state index in [1.807, 2.05) is 25.1 Å². The summed E-state index contributed by atoms with van der Waals surface area (Å²) in [7, 11) is 0. The lowest BCUT2D eigenvalue weighted by molar-refractivity contribution is -0.116. The number of fused-ring (bicyclic) bond motifs is 1. The van der Waals surface area contributed by atoms with Gasteiger partial charge in [0.1, 0.15) is 22.9 Å². The smallest absolute Gasteiger partial charge is 0.350 e. The van der Waals surface area contributed by atoms with Crippen molar-refractivity contribution >= 4 is 61.5 Å². The number of benzene rings is 1. The van der Waals surface area contributed by atoms with E-state index in [2.05, 4.69) is 27.2 Å². The lowest BCUT2D eigenvalue weighted by atomic mass is 10.2.